The summed E-state index contributed by atoms with van der Waals surface area (Å²) in [7, 11) is 1.30. The molecule has 2 amide bonds. The van der Waals surface area contributed by atoms with Crippen LogP contribution in [0, 0.1) is 0 Å². The van der Waals surface area contributed by atoms with E-state index in [1.54, 1.807) is 30.3 Å². The van der Waals surface area contributed by atoms with Gasteiger partial charge in [0.25, 0.3) is 11.8 Å². The number of aromatic nitrogens is 4. The van der Waals surface area contributed by atoms with Gasteiger partial charge in [-0.15, -0.1) is 0 Å². The average molecular weight is 601 g/mol. The van der Waals surface area contributed by atoms with Crippen LogP contribution in [0.5, 0.6) is 0 Å². The van der Waals surface area contributed by atoms with Gasteiger partial charge >= 0.3 is 11.9 Å². The molecule has 0 atom stereocenters. The quantitative estimate of drug-likeness (QED) is 0.0963. The molecule has 16 heteroatoms. The molecule has 4 aromatic heterocycles. The smallest absolute Gasteiger partial charge is 0.356 e. The van der Waals surface area contributed by atoms with E-state index in [-0.39, 0.29) is 28.6 Å². The van der Waals surface area contributed by atoms with E-state index in [2.05, 4.69) is 30.0 Å². The molecule has 0 aliphatic heterocycles. The van der Waals surface area contributed by atoms with Crippen LogP contribution in [0.3, 0.4) is 0 Å². The Bertz CT molecular complexity index is 1540. The van der Waals surface area contributed by atoms with Crippen molar-refractivity contribution < 1.29 is 29.0 Å². The predicted octanol–water partition coefficient (Wildman–Crippen LogP) is 2.87. The number of hydrazine groups is 1. The van der Waals surface area contributed by atoms with E-state index < -0.39 is 23.8 Å². The first-order valence-electron chi connectivity index (χ1n) is 11.1. The van der Waals surface area contributed by atoms with Gasteiger partial charge in [-0.05, 0) is 48.5 Å². The van der Waals surface area contributed by atoms with Crippen LogP contribution >= 0.6 is 23.2 Å². The molecule has 0 saturated carbocycles. The third kappa shape index (κ3) is 10.8. The van der Waals surface area contributed by atoms with E-state index >= 15 is 0 Å². The zero-order valence-corrected chi connectivity index (χ0v) is 22.6. The lowest BCUT2D eigenvalue weighted by Gasteiger charge is -2.05. The van der Waals surface area contributed by atoms with E-state index in [0.717, 1.165) is 0 Å². The van der Waals surface area contributed by atoms with E-state index in [1.807, 2.05) is 5.43 Å². The summed E-state index contributed by atoms with van der Waals surface area (Å²) in [6, 6.07) is 15.2. The molecule has 0 radical (unpaired) electrons. The van der Waals surface area contributed by atoms with Crippen molar-refractivity contribution in [2.24, 2.45) is 5.84 Å². The maximum absolute atomic E-state index is 11.9. The molecule has 0 fully saturated rings. The van der Waals surface area contributed by atoms with Gasteiger partial charge in [-0.3, -0.25) is 20.0 Å². The van der Waals surface area contributed by atoms with Gasteiger partial charge in [0.2, 0.25) is 0 Å². The van der Waals surface area contributed by atoms with Crippen molar-refractivity contribution >= 4 is 58.6 Å². The summed E-state index contributed by atoms with van der Waals surface area (Å²) in [5.74, 6) is 2.95. The number of anilines is 2. The lowest BCUT2D eigenvalue weighted by Crippen LogP contribution is -2.30. The Hall–Kier alpha value is -5.18. The Morgan fingerprint density at radius 2 is 1.39 bits per heavy atom. The zero-order chi connectivity index (χ0) is 30.4. The molecule has 14 nitrogen and oxygen atoms in total. The fourth-order valence-electron chi connectivity index (χ4n) is 2.61. The van der Waals surface area contributed by atoms with Crippen molar-refractivity contribution in [2.75, 3.05) is 18.2 Å². The number of hydrogen-bond acceptors (Lipinski definition) is 11. The standard InChI is InChI=1S/C12H10ClN5O2.C7H8N2O2.C6H4ClNO2/c13-7-4-5-15-9(6-7)11(19)17-10-3-1-2-8(16-10)12(20)18-14;1-11-7(10)5-3-2-4-6(8)9-5;7-4-1-2-8-5(3-4)6(9)10/h1-6H,14H2,(H,18,20)(H,16,17,19);2-4H,1H3,(H2,8,9);1-3H,(H,9,10). The second-order valence-electron chi connectivity index (χ2n) is 7.30. The van der Waals surface area contributed by atoms with Crippen molar-refractivity contribution in [2.45, 2.75) is 0 Å². The molecule has 0 aliphatic rings. The normalized spacial score (nSPS) is 9.56. The summed E-state index contributed by atoms with van der Waals surface area (Å²) in [6.07, 6.45) is 2.77. The molecule has 4 rings (SSSR count). The van der Waals surface area contributed by atoms with Crippen LogP contribution in [0.1, 0.15) is 42.0 Å². The Labute approximate surface area is 242 Å². The SMILES string of the molecule is COC(=O)c1cccc(N)n1.NNC(=O)c1cccc(NC(=O)c2cc(Cl)ccn2)n1.O=C(O)c1cc(Cl)ccn1. The number of ether oxygens (including phenoxy) is 1. The van der Waals surface area contributed by atoms with Gasteiger partial charge in [0.15, 0.2) is 5.69 Å². The zero-order valence-electron chi connectivity index (χ0n) is 21.1. The fourth-order valence-corrected chi connectivity index (χ4v) is 2.92. The molecule has 0 saturated heterocycles. The van der Waals surface area contributed by atoms with Crippen molar-refractivity contribution in [1.29, 1.82) is 0 Å². The van der Waals surface area contributed by atoms with Gasteiger partial charge in [-0.25, -0.2) is 30.4 Å². The Balaban J connectivity index is 0.000000236. The first-order chi connectivity index (χ1) is 19.5. The second kappa shape index (κ2) is 16.0. The minimum absolute atomic E-state index is 0.0347. The molecule has 4 heterocycles. The van der Waals surface area contributed by atoms with Gasteiger partial charge in [0, 0.05) is 22.4 Å². The number of aromatic carboxylic acids is 1. The molecular weight excluding hydrogens is 579 g/mol. The lowest BCUT2D eigenvalue weighted by atomic mass is 10.3. The highest BCUT2D eigenvalue weighted by Gasteiger charge is 2.11. The number of carboxylic acids is 1. The number of halogens is 2. The molecule has 0 unspecified atom stereocenters. The Morgan fingerprint density at radius 1 is 0.805 bits per heavy atom. The number of carboxylic acid groups (broad SMARTS) is 1. The third-order valence-corrected chi connectivity index (χ3v) is 4.89. The number of hydrogen-bond donors (Lipinski definition) is 5. The molecule has 4 aromatic rings. The molecule has 0 bridgehead atoms. The summed E-state index contributed by atoms with van der Waals surface area (Å²) >= 11 is 11.3. The average Bonchev–Trinajstić information content (AvgIpc) is 2.97. The van der Waals surface area contributed by atoms with E-state index in [9.17, 15) is 19.2 Å². The summed E-state index contributed by atoms with van der Waals surface area (Å²) in [5.41, 5.74) is 7.72. The fraction of sp³-hybridized carbons (Fsp3) is 0.0400. The van der Waals surface area contributed by atoms with Gasteiger partial charge in [-0.2, -0.15) is 0 Å². The highest BCUT2D eigenvalue weighted by Crippen LogP contribution is 2.11. The topological polar surface area (TPSA) is 225 Å². The summed E-state index contributed by atoms with van der Waals surface area (Å²) in [6.45, 7) is 0. The first-order valence-corrected chi connectivity index (χ1v) is 11.9. The molecule has 0 spiro atoms. The van der Waals surface area contributed by atoms with E-state index in [4.69, 9.17) is 39.9 Å². The van der Waals surface area contributed by atoms with Gasteiger partial charge in [-0.1, -0.05) is 35.3 Å². The van der Waals surface area contributed by atoms with Gasteiger partial charge < -0.3 is 20.9 Å². The maximum atomic E-state index is 11.9. The van der Waals surface area contributed by atoms with Crippen LogP contribution in [-0.2, 0) is 4.74 Å². The van der Waals surface area contributed by atoms with Crippen LogP contribution in [0.15, 0.2) is 73.1 Å². The van der Waals surface area contributed by atoms with Crippen LogP contribution < -0.4 is 22.3 Å². The number of pyridine rings is 4. The van der Waals surface area contributed by atoms with Crippen molar-refractivity contribution in [3.05, 3.63) is 106 Å². The molecular formula is C25H22Cl2N8O6. The summed E-state index contributed by atoms with van der Waals surface area (Å²) < 4.78 is 4.43. The monoisotopic (exact) mass is 600 g/mol. The molecule has 0 aliphatic carbocycles. The number of rotatable bonds is 5. The van der Waals surface area contributed by atoms with Gasteiger partial charge in [0.05, 0.1) is 7.11 Å². The molecule has 7 N–H and O–H groups in total. The van der Waals surface area contributed by atoms with Crippen molar-refractivity contribution in [3.8, 4) is 0 Å². The summed E-state index contributed by atoms with van der Waals surface area (Å²) in [5, 5.41) is 11.7. The minimum atomic E-state index is -1.07. The number of esters is 1. The number of nitrogen functional groups attached to an aromatic ring is 2. The first kappa shape index (κ1) is 32.0. The largest absolute Gasteiger partial charge is 0.477 e. The second-order valence-corrected chi connectivity index (χ2v) is 8.17. The maximum Gasteiger partial charge on any atom is 0.356 e. The van der Waals surface area contributed by atoms with E-state index in [0.29, 0.717) is 15.9 Å². The van der Waals surface area contributed by atoms with Crippen LogP contribution in [0.4, 0.5) is 11.6 Å². The van der Waals surface area contributed by atoms with Crippen LogP contribution in [-0.4, -0.2) is 55.9 Å². The number of carbonyl (C=O) groups is 4. The number of nitrogens with one attached hydrogen (secondary N) is 2. The number of carbonyl (C=O) groups excluding carboxylic acids is 3. The number of nitrogens with zero attached hydrogens (tertiary/aromatic N) is 4. The predicted molar refractivity (Wildman–Crippen MR) is 149 cm³/mol. The van der Waals surface area contributed by atoms with Crippen molar-refractivity contribution in [1.82, 2.24) is 25.4 Å². The minimum Gasteiger partial charge on any atom is -0.477 e. The molecule has 0 aromatic carbocycles. The third-order valence-electron chi connectivity index (χ3n) is 4.42. The van der Waals surface area contributed by atoms with Crippen LogP contribution in [0.25, 0.3) is 0 Å². The Morgan fingerprint density at radius 3 is 1.93 bits per heavy atom. The number of nitrogens with two attached hydrogens (primary N) is 2. The highest BCUT2D eigenvalue weighted by molar-refractivity contribution is 6.31. The van der Waals surface area contributed by atoms with Gasteiger partial charge in [0.1, 0.15) is 28.7 Å². The lowest BCUT2D eigenvalue weighted by molar-refractivity contribution is 0.0593. The Kier molecular flexibility index (Phi) is 12.5. The van der Waals surface area contributed by atoms with E-state index in [1.165, 1.54) is 49.8 Å². The number of methoxy groups -OCH3 is 1. The van der Waals surface area contributed by atoms with Crippen LogP contribution in [0.2, 0.25) is 10.0 Å². The highest BCUT2D eigenvalue weighted by atomic mass is 35.5. The molecule has 41 heavy (non-hydrogen) atoms. The molecule has 212 valence electrons. The number of amides is 2. The summed E-state index contributed by atoms with van der Waals surface area (Å²) in [4.78, 5) is 59.4. The van der Waals surface area contributed by atoms with Crippen molar-refractivity contribution in [3.63, 3.8) is 0 Å².